The van der Waals surface area contributed by atoms with Gasteiger partial charge in [-0.2, -0.15) is 0 Å². The van der Waals surface area contributed by atoms with Gasteiger partial charge in [-0.1, -0.05) is 0 Å². The molecule has 0 fully saturated rings. The highest BCUT2D eigenvalue weighted by Crippen LogP contribution is 2.42. The number of rotatable bonds is 0. The minimum absolute atomic E-state index is 0.724. The fraction of sp³-hybridized carbons (Fsp3) is 0. The Balaban J connectivity index is 3.02. The Morgan fingerprint density at radius 3 is 2.23 bits per heavy atom. The third kappa shape index (κ3) is 1.52. The van der Waals surface area contributed by atoms with Crippen molar-refractivity contribution in [1.29, 1.82) is 0 Å². The summed E-state index contributed by atoms with van der Waals surface area (Å²) >= 11 is 13.7. The predicted octanol–water partition coefficient (Wildman–Crippen LogP) is 4.88. The molecule has 0 radical (unpaired) electrons. The summed E-state index contributed by atoms with van der Waals surface area (Å²) in [6.45, 7) is 0. The zero-order valence-electron chi connectivity index (χ0n) is 5.94. The van der Waals surface area contributed by atoms with E-state index < -0.39 is 0 Å². The molecule has 0 aliphatic rings. The molecule has 1 heterocycles. The summed E-state index contributed by atoms with van der Waals surface area (Å²) in [5.41, 5.74) is 1.52. The lowest BCUT2D eigenvalue weighted by atomic mass is 10.3. The first-order valence-corrected chi connectivity index (χ1v) is 6.35. The van der Waals surface area contributed by atoms with Crippen molar-refractivity contribution in [2.45, 2.75) is 0 Å². The van der Waals surface area contributed by atoms with Gasteiger partial charge in [0, 0.05) is 4.47 Å². The van der Waals surface area contributed by atoms with Crippen molar-refractivity contribution < 1.29 is 4.42 Å². The molecular formula is C7HBr4NO. The van der Waals surface area contributed by atoms with Crippen LogP contribution in [0.15, 0.2) is 28.7 Å². The van der Waals surface area contributed by atoms with Crippen LogP contribution in [0.1, 0.15) is 0 Å². The van der Waals surface area contributed by atoms with Crippen LogP contribution in [0.4, 0.5) is 0 Å². The summed E-state index contributed by atoms with van der Waals surface area (Å²) < 4.78 is 8.79. The lowest BCUT2D eigenvalue weighted by Gasteiger charge is -2.02. The Bertz CT molecular complexity index is 437. The van der Waals surface area contributed by atoms with E-state index in [9.17, 15) is 0 Å². The Kier molecular flexibility index (Phi) is 2.84. The van der Waals surface area contributed by atoms with Gasteiger partial charge < -0.3 is 4.42 Å². The number of hydrogen-bond acceptors (Lipinski definition) is 2. The van der Waals surface area contributed by atoms with Crippen molar-refractivity contribution in [3.63, 3.8) is 0 Å². The van der Waals surface area contributed by atoms with Gasteiger partial charge in [0.1, 0.15) is 5.52 Å². The SMILES string of the molecule is Brc1c(Br)c(Br)c2ocnc2c1Br. The number of hydrogen-bond donors (Lipinski definition) is 0. The molecular weight excluding hydrogens is 434 g/mol. The van der Waals surface area contributed by atoms with Gasteiger partial charge in [0.05, 0.1) is 13.4 Å². The van der Waals surface area contributed by atoms with Gasteiger partial charge in [-0.05, 0) is 63.7 Å². The van der Waals surface area contributed by atoms with Crippen molar-refractivity contribution >= 4 is 74.8 Å². The van der Waals surface area contributed by atoms with Crippen molar-refractivity contribution in [1.82, 2.24) is 4.98 Å². The molecule has 0 atom stereocenters. The van der Waals surface area contributed by atoms with Crippen LogP contribution >= 0.6 is 63.7 Å². The minimum Gasteiger partial charge on any atom is -0.442 e. The van der Waals surface area contributed by atoms with Crippen molar-refractivity contribution in [2.75, 3.05) is 0 Å². The zero-order valence-corrected chi connectivity index (χ0v) is 12.3. The second-order valence-corrected chi connectivity index (χ2v) is 5.46. The molecule has 0 N–H and O–H groups in total. The number of oxazole rings is 1. The number of halogens is 4. The molecule has 13 heavy (non-hydrogen) atoms. The van der Waals surface area contributed by atoms with E-state index in [4.69, 9.17) is 4.42 Å². The monoisotopic (exact) mass is 431 g/mol. The Hall–Kier alpha value is 0.610. The Morgan fingerprint density at radius 2 is 1.54 bits per heavy atom. The Morgan fingerprint density at radius 1 is 0.923 bits per heavy atom. The molecule has 0 aliphatic carbocycles. The molecule has 2 aromatic rings. The first-order chi connectivity index (χ1) is 6.13. The van der Waals surface area contributed by atoms with Crippen molar-refractivity contribution in [2.24, 2.45) is 0 Å². The van der Waals surface area contributed by atoms with E-state index in [1.807, 2.05) is 0 Å². The van der Waals surface area contributed by atoms with Crippen molar-refractivity contribution in [3.05, 3.63) is 24.3 Å². The smallest absolute Gasteiger partial charge is 0.182 e. The van der Waals surface area contributed by atoms with Gasteiger partial charge in [0.2, 0.25) is 0 Å². The fourth-order valence-electron chi connectivity index (χ4n) is 0.955. The number of nitrogens with zero attached hydrogens (tertiary/aromatic N) is 1. The maximum absolute atomic E-state index is 5.23. The van der Waals surface area contributed by atoms with Gasteiger partial charge in [-0.25, -0.2) is 4.98 Å². The summed E-state index contributed by atoms with van der Waals surface area (Å²) in [7, 11) is 0. The van der Waals surface area contributed by atoms with E-state index in [0.29, 0.717) is 0 Å². The highest BCUT2D eigenvalue weighted by Gasteiger charge is 2.16. The first kappa shape index (κ1) is 10.1. The average molecular weight is 435 g/mol. The predicted molar refractivity (Wildman–Crippen MR) is 64.8 cm³/mol. The number of aromatic nitrogens is 1. The maximum Gasteiger partial charge on any atom is 0.182 e. The van der Waals surface area contributed by atoms with Gasteiger partial charge >= 0.3 is 0 Å². The molecule has 0 bridgehead atoms. The fourth-order valence-corrected chi connectivity index (χ4v) is 3.21. The van der Waals surface area contributed by atoms with Gasteiger partial charge in [0.25, 0.3) is 0 Å². The van der Waals surface area contributed by atoms with Crippen LogP contribution in [0.2, 0.25) is 0 Å². The third-order valence-electron chi connectivity index (χ3n) is 1.55. The standard InChI is InChI=1S/C7HBr4NO/c8-2-3(9)5(11)7-6(4(2)10)12-1-13-7/h1H. The summed E-state index contributed by atoms with van der Waals surface area (Å²) in [4.78, 5) is 4.09. The maximum atomic E-state index is 5.23. The van der Waals surface area contributed by atoms with E-state index in [1.165, 1.54) is 6.39 Å². The van der Waals surface area contributed by atoms with Crippen LogP contribution in [0, 0.1) is 0 Å². The van der Waals surface area contributed by atoms with Crippen LogP contribution in [0.3, 0.4) is 0 Å². The lowest BCUT2D eigenvalue weighted by Crippen LogP contribution is -1.79. The van der Waals surface area contributed by atoms with Gasteiger partial charge in [0.15, 0.2) is 12.0 Å². The van der Waals surface area contributed by atoms with E-state index in [0.717, 1.165) is 29.0 Å². The van der Waals surface area contributed by atoms with Crippen LogP contribution in [-0.4, -0.2) is 4.98 Å². The summed E-state index contributed by atoms with van der Waals surface area (Å²) in [5, 5.41) is 0. The highest BCUT2D eigenvalue weighted by atomic mass is 79.9. The topological polar surface area (TPSA) is 26.0 Å². The highest BCUT2D eigenvalue weighted by molar-refractivity contribution is 9.15. The summed E-state index contributed by atoms with van der Waals surface area (Å²) in [6.07, 6.45) is 1.42. The van der Waals surface area contributed by atoms with Gasteiger partial charge in [-0.3, -0.25) is 0 Å². The molecule has 2 nitrogen and oxygen atoms in total. The van der Waals surface area contributed by atoms with Crippen LogP contribution < -0.4 is 0 Å². The summed E-state index contributed by atoms with van der Waals surface area (Å²) in [5.74, 6) is 0. The molecule has 1 aromatic carbocycles. The third-order valence-corrected chi connectivity index (χ3v) is 6.26. The second kappa shape index (κ2) is 3.64. The largest absolute Gasteiger partial charge is 0.442 e. The molecule has 0 spiro atoms. The second-order valence-electron chi connectivity index (χ2n) is 2.29. The summed E-state index contributed by atoms with van der Waals surface area (Å²) in [6, 6.07) is 0. The molecule has 6 heteroatoms. The quantitative estimate of drug-likeness (QED) is 0.436. The molecule has 0 unspecified atom stereocenters. The van der Waals surface area contributed by atoms with Crippen LogP contribution in [-0.2, 0) is 0 Å². The van der Waals surface area contributed by atoms with E-state index in [2.05, 4.69) is 68.7 Å². The van der Waals surface area contributed by atoms with E-state index >= 15 is 0 Å². The van der Waals surface area contributed by atoms with E-state index in [-0.39, 0.29) is 0 Å². The molecule has 1 aromatic heterocycles. The number of fused-ring (bicyclic) bond motifs is 1. The Labute approximate surface area is 108 Å². The van der Waals surface area contributed by atoms with E-state index in [1.54, 1.807) is 0 Å². The van der Waals surface area contributed by atoms with Crippen molar-refractivity contribution in [3.8, 4) is 0 Å². The molecule has 0 saturated heterocycles. The van der Waals surface area contributed by atoms with Crippen LogP contribution in [0.5, 0.6) is 0 Å². The lowest BCUT2D eigenvalue weighted by molar-refractivity contribution is 0.600. The molecule has 0 aliphatic heterocycles. The average Bonchev–Trinajstić information content (AvgIpc) is 2.59. The molecule has 2 rings (SSSR count). The van der Waals surface area contributed by atoms with Gasteiger partial charge in [-0.15, -0.1) is 0 Å². The zero-order chi connectivity index (χ0) is 9.59. The molecule has 0 amide bonds. The molecule has 0 saturated carbocycles. The number of benzene rings is 1. The normalized spacial score (nSPS) is 11.1. The minimum atomic E-state index is 0.724. The first-order valence-electron chi connectivity index (χ1n) is 3.18. The molecule has 68 valence electrons. The van der Waals surface area contributed by atoms with Crippen LogP contribution in [0.25, 0.3) is 11.1 Å².